The molecule has 1 aliphatic rings. The molecule has 0 spiro atoms. The first-order chi connectivity index (χ1) is 9.56. The minimum Gasteiger partial charge on any atom is -0.497 e. The molecule has 2 rings (SSSR count). The van der Waals surface area contributed by atoms with Gasteiger partial charge in [-0.2, -0.15) is 0 Å². The second-order valence-electron chi connectivity index (χ2n) is 5.20. The molecule has 20 heavy (non-hydrogen) atoms. The van der Waals surface area contributed by atoms with Crippen molar-refractivity contribution in [3.05, 3.63) is 23.8 Å². The topological polar surface area (TPSA) is 59.0 Å². The van der Waals surface area contributed by atoms with E-state index < -0.39 is 12.0 Å². The summed E-state index contributed by atoms with van der Waals surface area (Å²) >= 11 is 0. The monoisotopic (exact) mass is 279 g/mol. The lowest BCUT2D eigenvalue weighted by Gasteiger charge is -2.24. The van der Waals surface area contributed by atoms with Crippen LogP contribution < -0.4 is 9.47 Å². The summed E-state index contributed by atoms with van der Waals surface area (Å²) in [4.78, 5) is 13.4. The highest BCUT2D eigenvalue weighted by molar-refractivity contribution is 5.74. The third-order valence-corrected chi connectivity index (χ3v) is 3.92. The number of carbonyl (C=O) groups is 1. The summed E-state index contributed by atoms with van der Waals surface area (Å²) in [5.41, 5.74) is 0.951. The molecule has 2 unspecified atom stereocenters. The van der Waals surface area contributed by atoms with Crippen LogP contribution in [-0.4, -0.2) is 42.8 Å². The van der Waals surface area contributed by atoms with Gasteiger partial charge < -0.3 is 14.6 Å². The van der Waals surface area contributed by atoms with Crippen LogP contribution in [-0.2, 0) is 11.3 Å². The number of likely N-dealkylation sites (tertiary alicyclic amines) is 1. The van der Waals surface area contributed by atoms with Gasteiger partial charge in [-0.05, 0) is 37.1 Å². The maximum atomic E-state index is 11.4. The lowest BCUT2D eigenvalue weighted by molar-refractivity contribution is -0.143. The number of benzene rings is 1. The zero-order valence-corrected chi connectivity index (χ0v) is 12.1. The van der Waals surface area contributed by atoms with Crippen molar-refractivity contribution in [3.63, 3.8) is 0 Å². The largest absolute Gasteiger partial charge is 0.497 e. The summed E-state index contributed by atoms with van der Waals surface area (Å²) in [5.74, 6) is 0.926. The molecule has 5 heteroatoms. The smallest absolute Gasteiger partial charge is 0.321 e. The van der Waals surface area contributed by atoms with Gasteiger partial charge in [0.05, 0.1) is 14.2 Å². The predicted octanol–water partition coefficient (Wildman–Crippen LogP) is 2.00. The van der Waals surface area contributed by atoms with Gasteiger partial charge in [0.1, 0.15) is 17.5 Å². The molecule has 1 fully saturated rings. The van der Waals surface area contributed by atoms with Crippen LogP contribution in [0.1, 0.15) is 18.9 Å². The highest BCUT2D eigenvalue weighted by Crippen LogP contribution is 2.30. The fourth-order valence-electron chi connectivity index (χ4n) is 2.83. The first kappa shape index (κ1) is 14.7. The van der Waals surface area contributed by atoms with Crippen LogP contribution >= 0.6 is 0 Å². The third-order valence-electron chi connectivity index (χ3n) is 3.92. The Labute approximate surface area is 119 Å². The molecule has 0 amide bonds. The zero-order chi connectivity index (χ0) is 14.7. The summed E-state index contributed by atoms with van der Waals surface area (Å²) < 4.78 is 10.6. The first-order valence-corrected chi connectivity index (χ1v) is 6.74. The highest BCUT2D eigenvalue weighted by Gasteiger charge is 2.36. The van der Waals surface area contributed by atoms with Gasteiger partial charge in [-0.25, -0.2) is 0 Å². The van der Waals surface area contributed by atoms with Crippen LogP contribution in [0, 0.1) is 5.92 Å². The van der Waals surface area contributed by atoms with Gasteiger partial charge in [0.25, 0.3) is 0 Å². The van der Waals surface area contributed by atoms with Crippen molar-refractivity contribution in [1.29, 1.82) is 0 Å². The lowest BCUT2D eigenvalue weighted by atomic mass is 10.0. The van der Waals surface area contributed by atoms with E-state index in [4.69, 9.17) is 9.47 Å². The Morgan fingerprint density at radius 3 is 2.75 bits per heavy atom. The van der Waals surface area contributed by atoms with Gasteiger partial charge in [0, 0.05) is 12.1 Å². The van der Waals surface area contributed by atoms with Gasteiger partial charge in [-0.3, -0.25) is 9.69 Å². The minimum atomic E-state index is -0.753. The number of nitrogens with zero attached hydrogens (tertiary/aromatic N) is 1. The Kier molecular flexibility index (Phi) is 4.49. The molecule has 0 aromatic heterocycles. The highest BCUT2D eigenvalue weighted by atomic mass is 16.5. The third kappa shape index (κ3) is 2.88. The number of carboxylic acids is 1. The molecular formula is C15H21NO4. The second kappa shape index (κ2) is 6.13. The number of carboxylic acid groups (broad SMARTS) is 1. The van der Waals surface area contributed by atoms with Gasteiger partial charge >= 0.3 is 5.97 Å². The molecule has 1 N–H and O–H groups in total. The minimum absolute atomic E-state index is 0.170. The molecule has 1 aliphatic heterocycles. The summed E-state index contributed by atoms with van der Waals surface area (Å²) in [7, 11) is 3.23. The second-order valence-corrected chi connectivity index (χ2v) is 5.20. The van der Waals surface area contributed by atoms with Crippen molar-refractivity contribution in [3.8, 4) is 11.5 Å². The fraction of sp³-hybridized carbons (Fsp3) is 0.533. The van der Waals surface area contributed by atoms with Gasteiger partial charge in [-0.15, -0.1) is 0 Å². The fourth-order valence-corrected chi connectivity index (χ4v) is 2.83. The molecule has 110 valence electrons. The SMILES string of the molecule is COc1ccc(OC)c(CN2CCC(C)C2C(=O)O)c1. The van der Waals surface area contributed by atoms with Gasteiger partial charge in [0.15, 0.2) is 0 Å². The van der Waals surface area contributed by atoms with Crippen LogP contribution in [0.5, 0.6) is 11.5 Å². The summed E-state index contributed by atoms with van der Waals surface area (Å²) in [6, 6.07) is 5.17. The molecule has 0 bridgehead atoms. The molecule has 0 aliphatic carbocycles. The number of aliphatic carboxylic acids is 1. The number of rotatable bonds is 5. The zero-order valence-electron chi connectivity index (χ0n) is 12.1. The number of methoxy groups -OCH3 is 2. The van der Waals surface area contributed by atoms with Crippen LogP contribution in [0.15, 0.2) is 18.2 Å². The Hall–Kier alpha value is -1.75. The maximum Gasteiger partial charge on any atom is 0.321 e. The Balaban J connectivity index is 2.22. The average molecular weight is 279 g/mol. The van der Waals surface area contributed by atoms with Gasteiger partial charge in [-0.1, -0.05) is 6.92 Å². The Bertz CT molecular complexity index is 489. The standard InChI is InChI=1S/C15H21NO4/c1-10-6-7-16(14(10)15(17)18)9-11-8-12(19-2)4-5-13(11)20-3/h4-5,8,10,14H,6-7,9H2,1-3H3,(H,17,18). The van der Waals surface area contributed by atoms with E-state index in [1.54, 1.807) is 14.2 Å². The van der Waals surface area contributed by atoms with Crippen molar-refractivity contribution < 1.29 is 19.4 Å². The number of hydrogen-bond acceptors (Lipinski definition) is 4. The molecule has 1 heterocycles. The van der Waals surface area contributed by atoms with E-state index in [9.17, 15) is 9.90 Å². The molecule has 2 atom stereocenters. The van der Waals surface area contributed by atoms with Crippen molar-refractivity contribution >= 4 is 5.97 Å². The molecule has 0 saturated carbocycles. The molecule has 1 saturated heterocycles. The van der Waals surface area contributed by atoms with E-state index in [0.29, 0.717) is 6.54 Å². The lowest BCUT2D eigenvalue weighted by Crippen LogP contribution is -2.38. The summed E-state index contributed by atoms with van der Waals surface area (Å²) in [6.07, 6.45) is 0.906. The molecule has 1 aromatic rings. The van der Waals surface area contributed by atoms with Crippen molar-refractivity contribution in [2.24, 2.45) is 5.92 Å². The van der Waals surface area contributed by atoms with Crippen molar-refractivity contribution in [2.75, 3.05) is 20.8 Å². The van der Waals surface area contributed by atoms with E-state index in [-0.39, 0.29) is 5.92 Å². The van der Waals surface area contributed by atoms with Crippen LogP contribution in [0.4, 0.5) is 0 Å². The van der Waals surface area contributed by atoms with Crippen molar-refractivity contribution in [1.82, 2.24) is 4.90 Å². The van der Waals surface area contributed by atoms with E-state index >= 15 is 0 Å². The average Bonchev–Trinajstić information content (AvgIpc) is 2.79. The van der Waals surface area contributed by atoms with Crippen LogP contribution in [0.25, 0.3) is 0 Å². The van der Waals surface area contributed by atoms with Crippen LogP contribution in [0.3, 0.4) is 0 Å². The Morgan fingerprint density at radius 2 is 2.15 bits per heavy atom. The quantitative estimate of drug-likeness (QED) is 0.893. The van der Waals surface area contributed by atoms with Crippen molar-refractivity contribution in [2.45, 2.75) is 25.9 Å². The number of ether oxygens (including phenoxy) is 2. The van der Waals surface area contributed by atoms with E-state index in [2.05, 4.69) is 0 Å². The first-order valence-electron chi connectivity index (χ1n) is 6.74. The predicted molar refractivity (Wildman–Crippen MR) is 75.2 cm³/mol. The Morgan fingerprint density at radius 1 is 1.40 bits per heavy atom. The summed E-state index contributed by atoms with van der Waals surface area (Å²) in [6.45, 7) is 3.34. The molecule has 1 aromatic carbocycles. The molecular weight excluding hydrogens is 258 g/mol. The van der Waals surface area contributed by atoms with E-state index in [1.165, 1.54) is 0 Å². The molecule has 5 nitrogen and oxygen atoms in total. The van der Waals surface area contributed by atoms with Crippen LogP contribution in [0.2, 0.25) is 0 Å². The number of hydrogen-bond donors (Lipinski definition) is 1. The van der Waals surface area contributed by atoms with E-state index in [0.717, 1.165) is 30.0 Å². The van der Waals surface area contributed by atoms with Gasteiger partial charge in [0.2, 0.25) is 0 Å². The van der Waals surface area contributed by atoms with E-state index in [1.807, 2.05) is 30.0 Å². The summed E-state index contributed by atoms with van der Waals surface area (Å²) in [5, 5.41) is 9.36. The maximum absolute atomic E-state index is 11.4. The normalized spacial score (nSPS) is 22.8. The molecule has 0 radical (unpaired) electrons.